The molecule has 1 heterocycles. The fraction of sp³-hybridized carbons (Fsp3) is 0.909. The molecule has 0 aliphatic carbocycles. The van der Waals surface area contributed by atoms with Crippen LogP contribution in [0.5, 0.6) is 0 Å². The number of hydrogen-bond donors (Lipinski definition) is 2. The van der Waals surface area contributed by atoms with Gasteiger partial charge in [-0.3, -0.25) is 9.59 Å². The number of likely N-dealkylation sites (tertiary alicyclic amines) is 1. The predicted molar refractivity (Wildman–Crippen MR) is 112 cm³/mol. The predicted octanol–water partition coefficient (Wildman–Crippen LogP) is 3.99. The molecule has 0 bridgehead atoms. The van der Waals surface area contributed by atoms with Gasteiger partial charge < -0.3 is 16.4 Å². The topological polar surface area (TPSA) is 89.4 Å². The van der Waals surface area contributed by atoms with Crippen LogP contribution in [0.25, 0.3) is 0 Å². The molecule has 2 atom stereocenters. The Morgan fingerprint density at radius 2 is 1.00 bits per heavy atom. The maximum Gasteiger partial charge on any atom is 0.222 e. The summed E-state index contributed by atoms with van der Waals surface area (Å²) in [5.74, 6) is -1.62. The van der Waals surface area contributed by atoms with E-state index < -0.39 is 23.7 Å². The molecule has 1 rings (SSSR count). The van der Waals surface area contributed by atoms with Gasteiger partial charge in [-0.1, -0.05) is 90.4 Å². The lowest BCUT2D eigenvalue weighted by Crippen LogP contribution is -2.36. The van der Waals surface area contributed by atoms with Gasteiger partial charge in [0, 0.05) is 13.1 Å². The number of hydrogen-bond acceptors (Lipinski definition) is 3. The zero-order valence-corrected chi connectivity index (χ0v) is 17.6. The van der Waals surface area contributed by atoms with Gasteiger partial charge in [0.25, 0.3) is 0 Å². The highest BCUT2D eigenvalue weighted by Gasteiger charge is 2.39. The fourth-order valence-electron chi connectivity index (χ4n) is 4.17. The van der Waals surface area contributed by atoms with Crippen LogP contribution in [0.3, 0.4) is 0 Å². The molecule has 0 spiro atoms. The molecule has 1 saturated heterocycles. The number of amides is 2. The van der Waals surface area contributed by atoms with Gasteiger partial charge in [-0.25, -0.2) is 0 Å². The molecule has 2 amide bonds. The summed E-state index contributed by atoms with van der Waals surface area (Å²) in [4.78, 5) is 25.1. The van der Waals surface area contributed by atoms with Gasteiger partial charge in [0.15, 0.2) is 0 Å². The van der Waals surface area contributed by atoms with Crippen LogP contribution in [0.15, 0.2) is 0 Å². The Kier molecular flexibility index (Phi) is 13.2. The SMILES string of the molecule is CCCCCCCCCCCCCCCCN1CC(C(N)=O)C(C(N)=O)C1. The Morgan fingerprint density at radius 3 is 1.33 bits per heavy atom. The summed E-state index contributed by atoms with van der Waals surface area (Å²) < 4.78 is 0. The first-order valence-corrected chi connectivity index (χ1v) is 11.4. The first-order valence-electron chi connectivity index (χ1n) is 11.4. The number of rotatable bonds is 17. The van der Waals surface area contributed by atoms with Gasteiger partial charge in [0.05, 0.1) is 11.8 Å². The average Bonchev–Trinajstić information content (AvgIpc) is 3.07. The van der Waals surface area contributed by atoms with Crippen molar-refractivity contribution in [1.29, 1.82) is 0 Å². The van der Waals surface area contributed by atoms with Crippen molar-refractivity contribution < 1.29 is 9.59 Å². The van der Waals surface area contributed by atoms with E-state index in [1.54, 1.807) is 0 Å². The Labute approximate surface area is 166 Å². The zero-order chi connectivity index (χ0) is 19.9. The summed E-state index contributed by atoms with van der Waals surface area (Å²) in [7, 11) is 0. The molecule has 2 unspecified atom stereocenters. The lowest BCUT2D eigenvalue weighted by molar-refractivity contribution is -0.129. The van der Waals surface area contributed by atoms with Crippen molar-refractivity contribution in [1.82, 2.24) is 4.90 Å². The van der Waals surface area contributed by atoms with Crippen LogP contribution in [0.2, 0.25) is 0 Å². The highest BCUT2D eigenvalue weighted by atomic mass is 16.2. The van der Waals surface area contributed by atoms with Crippen LogP contribution in [0.4, 0.5) is 0 Å². The van der Waals surface area contributed by atoms with Crippen molar-refractivity contribution >= 4 is 11.8 Å². The van der Waals surface area contributed by atoms with Gasteiger partial charge in [-0.15, -0.1) is 0 Å². The average molecular weight is 382 g/mol. The second-order valence-electron chi connectivity index (χ2n) is 8.37. The summed E-state index contributed by atoms with van der Waals surface area (Å²) in [6, 6.07) is 0. The summed E-state index contributed by atoms with van der Waals surface area (Å²) in [5.41, 5.74) is 10.8. The molecule has 5 nitrogen and oxygen atoms in total. The Morgan fingerprint density at radius 1 is 0.667 bits per heavy atom. The van der Waals surface area contributed by atoms with E-state index in [-0.39, 0.29) is 0 Å². The molecule has 1 aliphatic heterocycles. The number of nitrogens with two attached hydrogens (primary N) is 2. The molecule has 27 heavy (non-hydrogen) atoms. The van der Waals surface area contributed by atoms with Crippen LogP contribution in [-0.4, -0.2) is 36.3 Å². The van der Waals surface area contributed by atoms with Crippen LogP contribution < -0.4 is 11.5 Å². The van der Waals surface area contributed by atoms with Crippen LogP contribution in [0.1, 0.15) is 96.8 Å². The lowest BCUT2D eigenvalue weighted by Gasteiger charge is -2.14. The van der Waals surface area contributed by atoms with Crippen molar-refractivity contribution in [3.63, 3.8) is 0 Å². The highest BCUT2D eigenvalue weighted by molar-refractivity contribution is 5.87. The largest absolute Gasteiger partial charge is 0.369 e. The second kappa shape index (κ2) is 14.9. The molecular formula is C22H43N3O2. The molecule has 0 aromatic rings. The number of nitrogens with zero attached hydrogens (tertiary/aromatic N) is 1. The minimum Gasteiger partial charge on any atom is -0.369 e. The molecule has 0 aromatic heterocycles. The van der Waals surface area contributed by atoms with E-state index in [4.69, 9.17) is 11.5 Å². The van der Waals surface area contributed by atoms with Crippen molar-refractivity contribution in [2.24, 2.45) is 23.3 Å². The maximum atomic E-state index is 11.5. The quantitative estimate of drug-likeness (QED) is 0.373. The number of primary amides is 2. The van der Waals surface area contributed by atoms with Gasteiger partial charge in [-0.2, -0.15) is 0 Å². The van der Waals surface area contributed by atoms with E-state index in [0.29, 0.717) is 13.1 Å². The second-order valence-corrected chi connectivity index (χ2v) is 8.37. The van der Waals surface area contributed by atoms with Gasteiger partial charge in [0.2, 0.25) is 11.8 Å². The number of carbonyl (C=O) groups excluding carboxylic acids is 2. The lowest BCUT2D eigenvalue weighted by atomic mass is 9.95. The maximum absolute atomic E-state index is 11.5. The van der Waals surface area contributed by atoms with Gasteiger partial charge >= 0.3 is 0 Å². The number of carbonyl (C=O) groups is 2. The van der Waals surface area contributed by atoms with Crippen molar-refractivity contribution in [3.8, 4) is 0 Å². The van der Waals surface area contributed by atoms with Crippen molar-refractivity contribution in [2.75, 3.05) is 19.6 Å². The highest BCUT2D eigenvalue weighted by Crippen LogP contribution is 2.23. The van der Waals surface area contributed by atoms with E-state index >= 15 is 0 Å². The Balaban J connectivity index is 1.91. The summed E-state index contributed by atoms with van der Waals surface area (Å²) in [5, 5.41) is 0. The third kappa shape index (κ3) is 10.7. The van der Waals surface area contributed by atoms with Crippen LogP contribution in [0, 0.1) is 11.8 Å². The molecule has 1 fully saturated rings. The van der Waals surface area contributed by atoms with Crippen LogP contribution >= 0.6 is 0 Å². The molecular weight excluding hydrogens is 338 g/mol. The van der Waals surface area contributed by atoms with E-state index in [2.05, 4.69) is 11.8 Å². The van der Waals surface area contributed by atoms with E-state index in [1.165, 1.54) is 83.5 Å². The number of unbranched alkanes of at least 4 members (excludes halogenated alkanes) is 13. The third-order valence-electron chi connectivity index (χ3n) is 5.95. The molecule has 158 valence electrons. The van der Waals surface area contributed by atoms with Gasteiger partial charge in [-0.05, 0) is 13.0 Å². The monoisotopic (exact) mass is 381 g/mol. The Hall–Kier alpha value is -1.10. The summed E-state index contributed by atoms with van der Waals surface area (Å²) >= 11 is 0. The molecule has 0 saturated carbocycles. The van der Waals surface area contributed by atoms with E-state index in [0.717, 1.165) is 13.0 Å². The van der Waals surface area contributed by atoms with Crippen molar-refractivity contribution in [2.45, 2.75) is 96.8 Å². The minimum atomic E-state index is -0.408. The summed E-state index contributed by atoms with van der Waals surface area (Å²) in [6.45, 7) is 4.37. The molecule has 4 N–H and O–H groups in total. The van der Waals surface area contributed by atoms with Gasteiger partial charge in [0.1, 0.15) is 0 Å². The Bertz CT molecular complexity index is 392. The minimum absolute atomic E-state index is 0.401. The zero-order valence-electron chi connectivity index (χ0n) is 17.6. The molecule has 0 radical (unpaired) electrons. The molecule has 0 aromatic carbocycles. The van der Waals surface area contributed by atoms with E-state index in [1.807, 2.05) is 0 Å². The fourth-order valence-corrected chi connectivity index (χ4v) is 4.17. The van der Waals surface area contributed by atoms with E-state index in [9.17, 15) is 9.59 Å². The standard InChI is InChI=1S/C22H43N3O2/c1-2-3-4-5-6-7-8-9-10-11-12-13-14-15-16-25-17-19(21(23)26)20(18-25)22(24)27/h19-20H,2-18H2,1H3,(H2,23,26)(H2,24,27). The van der Waals surface area contributed by atoms with Crippen LogP contribution in [-0.2, 0) is 9.59 Å². The summed E-state index contributed by atoms with van der Waals surface area (Å²) in [6.07, 6.45) is 18.9. The normalized spacial score (nSPS) is 20.2. The third-order valence-corrected chi connectivity index (χ3v) is 5.95. The van der Waals surface area contributed by atoms with Crippen molar-refractivity contribution in [3.05, 3.63) is 0 Å². The molecule has 5 heteroatoms. The first-order chi connectivity index (χ1) is 13.1. The smallest absolute Gasteiger partial charge is 0.222 e. The first kappa shape index (κ1) is 23.9. The molecule has 1 aliphatic rings.